The lowest BCUT2D eigenvalue weighted by atomic mass is 9.96. The molecule has 0 saturated carbocycles. The van der Waals surface area contributed by atoms with Crippen LogP contribution in [0.3, 0.4) is 0 Å². The number of primary amides is 1. The summed E-state index contributed by atoms with van der Waals surface area (Å²) in [4.78, 5) is 18.9. The van der Waals surface area contributed by atoms with Crippen LogP contribution in [0.2, 0.25) is 5.02 Å². The lowest BCUT2D eigenvalue weighted by Gasteiger charge is -2.09. The minimum absolute atomic E-state index is 0.295. The highest BCUT2D eigenvalue weighted by Crippen LogP contribution is 2.35. The molecule has 0 aliphatic heterocycles. The number of thiazole rings is 1. The van der Waals surface area contributed by atoms with Crippen LogP contribution < -0.4 is 5.73 Å². The normalized spacial score (nSPS) is 11.5. The molecular weight excluding hydrogens is 394 g/mol. The fourth-order valence-electron chi connectivity index (χ4n) is 3.47. The summed E-state index contributed by atoms with van der Waals surface area (Å²) in [5, 5.41) is 12.5. The third kappa shape index (κ3) is 2.85. The first kappa shape index (κ1) is 17.0. The summed E-state index contributed by atoms with van der Waals surface area (Å²) in [6, 6.07) is 10.1. The van der Waals surface area contributed by atoms with Crippen LogP contribution >= 0.6 is 22.9 Å². The van der Waals surface area contributed by atoms with E-state index < -0.39 is 5.91 Å². The Hall–Kier alpha value is -3.16. The van der Waals surface area contributed by atoms with E-state index in [4.69, 9.17) is 17.3 Å². The second kappa shape index (κ2) is 6.47. The number of carbonyl (C=O) groups excluding carboxylic acids is 1. The molecule has 0 unspecified atom stereocenters. The molecule has 5 rings (SSSR count). The molecule has 0 radical (unpaired) electrons. The van der Waals surface area contributed by atoms with E-state index in [1.54, 1.807) is 11.6 Å². The highest BCUT2D eigenvalue weighted by Gasteiger charge is 2.14. The van der Waals surface area contributed by atoms with Crippen LogP contribution in [0.4, 0.5) is 0 Å². The third-order valence-electron chi connectivity index (χ3n) is 4.73. The number of nitrogens with two attached hydrogens (primary N) is 1. The Bertz CT molecular complexity index is 1350. The highest BCUT2D eigenvalue weighted by molar-refractivity contribution is 7.09. The first-order chi connectivity index (χ1) is 13.6. The molecule has 0 saturated heterocycles. The van der Waals surface area contributed by atoms with Gasteiger partial charge in [-0.2, -0.15) is 5.10 Å². The van der Waals surface area contributed by atoms with E-state index in [0.717, 1.165) is 43.5 Å². The average molecular weight is 408 g/mol. The Morgan fingerprint density at radius 1 is 1.18 bits per heavy atom. The Morgan fingerprint density at radius 2 is 2.07 bits per heavy atom. The molecule has 0 aliphatic rings. The maximum absolute atomic E-state index is 11.3. The molecule has 0 spiro atoms. The van der Waals surface area contributed by atoms with Crippen molar-refractivity contribution in [3.63, 3.8) is 0 Å². The van der Waals surface area contributed by atoms with E-state index in [0.29, 0.717) is 17.1 Å². The second-order valence-electron chi connectivity index (χ2n) is 6.53. The largest absolute Gasteiger partial charge is 0.364 e. The number of benzene rings is 2. The van der Waals surface area contributed by atoms with Gasteiger partial charge in [0.05, 0.1) is 16.7 Å². The van der Waals surface area contributed by atoms with Gasteiger partial charge in [0.15, 0.2) is 0 Å². The van der Waals surface area contributed by atoms with Gasteiger partial charge >= 0.3 is 0 Å². The van der Waals surface area contributed by atoms with Crippen molar-refractivity contribution in [2.24, 2.45) is 5.73 Å². The molecule has 3 heterocycles. The predicted octanol–water partition coefficient (Wildman–Crippen LogP) is 4.51. The predicted molar refractivity (Wildman–Crippen MR) is 112 cm³/mol. The van der Waals surface area contributed by atoms with Crippen molar-refractivity contribution >= 4 is 50.7 Å². The molecule has 0 aliphatic carbocycles. The van der Waals surface area contributed by atoms with E-state index in [1.807, 2.05) is 24.4 Å². The van der Waals surface area contributed by atoms with E-state index in [1.165, 1.54) is 11.3 Å². The summed E-state index contributed by atoms with van der Waals surface area (Å²) in [5.41, 5.74) is 10.7. The van der Waals surface area contributed by atoms with Crippen LogP contribution in [-0.2, 0) is 6.42 Å². The second-order valence-corrected chi connectivity index (χ2v) is 7.91. The van der Waals surface area contributed by atoms with E-state index >= 15 is 0 Å². The summed E-state index contributed by atoms with van der Waals surface area (Å²) in [6.07, 6.45) is 4.29. The Labute approximate surface area is 168 Å². The van der Waals surface area contributed by atoms with Crippen molar-refractivity contribution in [2.45, 2.75) is 6.42 Å². The Balaban J connectivity index is 1.66. The Morgan fingerprint density at radius 3 is 2.89 bits per heavy atom. The van der Waals surface area contributed by atoms with Gasteiger partial charge in [-0.3, -0.25) is 9.89 Å². The number of H-pyrrole nitrogens is 2. The molecule has 138 valence electrons. The van der Waals surface area contributed by atoms with E-state index in [2.05, 4.69) is 32.3 Å². The maximum Gasteiger partial charge on any atom is 0.268 e. The number of aromatic nitrogens is 4. The Kier molecular flexibility index (Phi) is 3.92. The van der Waals surface area contributed by atoms with Crippen molar-refractivity contribution < 1.29 is 4.79 Å². The number of rotatable bonds is 4. The van der Waals surface area contributed by atoms with Gasteiger partial charge in [-0.25, -0.2) is 4.98 Å². The van der Waals surface area contributed by atoms with Crippen LogP contribution in [0.1, 0.15) is 21.1 Å². The molecule has 0 fully saturated rings. The van der Waals surface area contributed by atoms with Crippen molar-refractivity contribution in [2.75, 3.05) is 0 Å². The topological polar surface area (TPSA) is 100 Å². The lowest BCUT2D eigenvalue weighted by Crippen LogP contribution is -2.11. The summed E-state index contributed by atoms with van der Waals surface area (Å²) in [7, 11) is 0. The smallest absolute Gasteiger partial charge is 0.268 e. The highest BCUT2D eigenvalue weighted by atomic mass is 35.5. The SMILES string of the molecule is NC(=O)c1csc(Cc2cc(-c3cc(Cl)cc4[nH]ccc34)cc3[nH]ncc23)n1. The van der Waals surface area contributed by atoms with E-state index in [-0.39, 0.29) is 0 Å². The zero-order valence-corrected chi connectivity index (χ0v) is 16.1. The van der Waals surface area contributed by atoms with Gasteiger partial charge in [0.1, 0.15) is 5.69 Å². The lowest BCUT2D eigenvalue weighted by molar-refractivity contribution is 0.0996. The number of hydrogen-bond donors (Lipinski definition) is 3. The molecule has 3 aromatic heterocycles. The third-order valence-corrected chi connectivity index (χ3v) is 5.80. The first-order valence-electron chi connectivity index (χ1n) is 8.56. The van der Waals surface area contributed by atoms with Crippen molar-refractivity contribution in [3.05, 3.63) is 69.4 Å². The van der Waals surface area contributed by atoms with Gasteiger partial charge in [0, 0.05) is 39.3 Å². The number of nitrogens with zero attached hydrogens (tertiary/aromatic N) is 2. The summed E-state index contributed by atoms with van der Waals surface area (Å²) < 4.78 is 0. The van der Waals surface area contributed by atoms with Crippen LogP contribution in [0.25, 0.3) is 32.9 Å². The summed E-state index contributed by atoms with van der Waals surface area (Å²) in [6.45, 7) is 0. The van der Waals surface area contributed by atoms with Crippen LogP contribution in [0.5, 0.6) is 0 Å². The van der Waals surface area contributed by atoms with Gasteiger partial charge < -0.3 is 10.7 Å². The average Bonchev–Trinajstić information content (AvgIpc) is 3.40. The molecule has 2 aromatic carbocycles. The standard InChI is InChI=1S/C20H14ClN5OS/c21-12-6-14(13-1-2-23-16(13)7-12)10-3-11(15-8-24-26-17(15)4-10)5-19-25-18(9-28-19)20(22)27/h1-4,6-9,23H,5H2,(H2,22,27)(H,24,26). The van der Waals surface area contributed by atoms with Crippen LogP contribution in [0.15, 0.2) is 48.1 Å². The molecule has 5 aromatic rings. The number of fused-ring (bicyclic) bond motifs is 2. The molecule has 4 N–H and O–H groups in total. The van der Waals surface area contributed by atoms with Crippen molar-refractivity contribution in [1.29, 1.82) is 0 Å². The molecule has 0 atom stereocenters. The molecule has 6 nitrogen and oxygen atoms in total. The van der Waals surface area contributed by atoms with Crippen molar-refractivity contribution in [1.82, 2.24) is 20.2 Å². The fourth-order valence-corrected chi connectivity index (χ4v) is 4.49. The van der Waals surface area contributed by atoms with Crippen LogP contribution in [0, 0.1) is 0 Å². The number of nitrogens with one attached hydrogen (secondary N) is 2. The minimum atomic E-state index is -0.515. The number of carbonyl (C=O) groups is 1. The molecule has 8 heteroatoms. The molecule has 0 bridgehead atoms. The summed E-state index contributed by atoms with van der Waals surface area (Å²) in [5.74, 6) is -0.515. The van der Waals surface area contributed by atoms with Gasteiger partial charge in [-0.1, -0.05) is 11.6 Å². The van der Waals surface area contributed by atoms with Crippen LogP contribution in [-0.4, -0.2) is 26.1 Å². The minimum Gasteiger partial charge on any atom is -0.364 e. The zero-order valence-electron chi connectivity index (χ0n) is 14.5. The molecule has 28 heavy (non-hydrogen) atoms. The number of aromatic amines is 2. The number of halogens is 1. The monoisotopic (exact) mass is 407 g/mol. The fraction of sp³-hybridized carbons (Fsp3) is 0.0500. The van der Waals surface area contributed by atoms with Crippen molar-refractivity contribution in [3.8, 4) is 11.1 Å². The quantitative estimate of drug-likeness (QED) is 0.408. The van der Waals surface area contributed by atoms with Gasteiger partial charge in [-0.15, -0.1) is 11.3 Å². The van der Waals surface area contributed by atoms with Gasteiger partial charge in [-0.05, 0) is 47.0 Å². The summed E-state index contributed by atoms with van der Waals surface area (Å²) >= 11 is 7.76. The molecule has 1 amide bonds. The zero-order chi connectivity index (χ0) is 19.3. The number of amides is 1. The first-order valence-corrected chi connectivity index (χ1v) is 9.81. The number of hydrogen-bond acceptors (Lipinski definition) is 4. The molecular formula is C20H14ClN5OS. The maximum atomic E-state index is 11.3. The van der Waals surface area contributed by atoms with Gasteiger partial charge in [0.2, 0.25) is 0 Å². The van der Waals surface area contributed by atoms with Gasteiger partial charge in [0.25, 0.3) is 5.91 Å². The van der Waals surface area contributed by atoms with E-state index in [9.17, 15) is 4.79 Å².